The Balaban J connectivity index is 1.79. The lowest BCUT2D eigenvalue weighted by Crippen LogP contribution is -2.39. The molecule has 0 bridgehead atoms. The van der Waals surface area contributed by atoms with Crippen LogP contribution in [0.15, 0.2) is 4.99 Å². The van der Waals surface area contributed by atoms with Gasteiger partial charge in [0.15, 0.2) is 5.96 Å². The highest BCUT2D eigenvalue weighted by Gasteiger charge is 2.22. The molecule has 1 heterocycles. The molecule has 2 aliphatic rings. The summed E-state index contributed by atoms with van der Waals surface area (Å²) in [5.74, 6) is 0.929. The van der Waals surface area contributed by atoms with E-state index in [1.807, 2.05) is 11.8 Å². The first kappa shape index (κ1) is 12.2. The van der Waals surface area contributed by atoms with Gasteiger partial charge in [-0.25, -0.2) is 4.99 Å². The summed E-state index contributed by atoms with van der Waals surface area (Å²) < 4.78 is 0. The number of hydrogen-bond acceptors (Lipinski definition) is 2. The first-order chi connectivity index (χ1) is 8.29. The number of aliphatic imine (C=N–C) groups is 1. The average Bonchev–Trinajstić information content (AvgIpc) is 2.97. The third kappa shape index (κ3) is 3.91. The predicted octanol–water partition coefficient (Wildman–Crippen LogP) is 0.326. The van der Waals surface area contributed by atoms with E-state index in [0.29, 0.717) is 6.04 Å². The Hall–Kier alpha value is -1.26. The lowest BCUT2D eigenvalue weighted by molar-refractivity contribution is -0.128. The molecule has 0 radical (unpaired) electrons. The molecule has 0 aromatic carbocycles. The maximum Gasteiger partial charge on any atom is 0.244 e. The van der Waals surface area contributed by atoms with Crippen LogP contribution >= 0.6 is 0 Å². The van der Waals surface area contributed by atoms with Gasteiger partial charge in [-0.05, 0) is 32.6 Å². The zero-order valence-corrected chi connectivity index (χ0v) is 10.5. The Morgan fingerprint density at radius 1 is 1.35 bits per heavy atom. The molecule has 2 fully saturated rings. The summed E-state index contributed by atoms with van der Waals surface area (Å²) >= 11 is 0. The van der Waals surface area contributed by atoms with Crippen LogP contribution in [0, 0.1) is 0 Å². The number of hydrogen-bond donors (Lipinski definition) is 2. The minimum absolute atomic E-state index is 0.149. The van der Waals surface area contributed by atoms with Crippen LogP contribution in [0.3, 0.4) is 0 Å². The van der Waals surface area contributed by atoms with E-state index in [1.165, 1.54) is 12.8 Å². The molecule has 2 N–H and O–H groups in total. The highest BCUT2D eigenvalue weighted by atomic mass is 16.2. The fourth-order valence-electron chi connectivity index (χ4n) is 1.95. The summed E-state index contributed by atoms with van der Waals surface area (Å²) in [5, 5.41) is 6.47. The van der Waals surface area contributed by atoms with Crippen molar-refractivity contribution in [3.8, 4) is 0 Å². The number of guanidine groups is 1. The Labute approximate surface area is 103 Å². The first-order valence-corrected chi connectivity index (χ1v) is 6.62. The van der Waals surface area contributed by atoms with E-state index in [2.05, 4.69) is 15.6 Å². The molecule has 1 amide bonds. The van der Waals surface area contributed by atoms with Crippen molar-refractivity contribution in [3.63, 3.8) is 0 Å². The van der Waals surface area contributed by atoms with Crippen molar-refractivity contribution < 1.29 is 4.79 Å². The zero-order valence-electron chi connectivity index (χ0n) is 10.5. The first-order valence-electron chi connectivity index (χ1n) is 6.62. The standard InChI is InChI=1S/C12H22N4O/c1-2-13-12(15-10-5-6-10)14-9-11(17)16-7-3-4-8-16/h10H,2-9H2,1H3,(H2,13,14,15). The Bertz CT molecular complexity index is 293. The van der Waals surface area contributed by atoms with Gasteiger partial charge < -0.3 is 15.5 Å². The third-order valence-electron chi connectivity index (χ3n) is 3.09. The van der Waals surface area contributed by atoms with Crippen LogP contribution in [-0.2, 0) is 4.79 Å². The fraction of sp³-hybridized carbons (Fsp3) is 0.833. The van der Waals surface area contributed by atoms with Gasteiger partial charge in [0.2, 0.25) is 5.91 Å². The van der Waals surface area contributed by atoms with Gasteiger partial charge in [0.25, 0.3) is 0 Å². The van der Waals surface area contributed by atoms with Crippen LogP contribution in [0.5, 0.6) is 0 Å². The molecule has 1 aliphatic carbocycles. The monoisotopic (exact) mass is 238 g/mol. The lowest BCUT2D eigenvalue weighted by atomic mass is 10.4. The average molecular weight is 238 g/mol. The number of amides is 1. The van der Waals surface area contributed by atoms with Crippen LogP contribution in [-0.4, -0.2) is 49.0 Å². The zero-order chi connectivity index (χ0) is 12.1. The summed E-state index contributed by atoms with van der Waals surface area (Å²) in [6.45, 7) is 4.94. The van der Waals surface area contributed by atoms with Crippen molar-refractivity contribution in [2.75, 3.05) is 26.2 Å². The van der Waals surface area contributed by atoms with Crippen molar-refractivity contribution in [1.82, 2.24) is 15.5 Å². The van der Waals surface area contributed by atoms with Gasteiger partial charge in [-0.2, -0.15) is 0 Å². The molecule has 1 saturated heterocycles. The number of nitrogens with zero attached hydrogens (tertiary/aromatic N) is 2. The third-order valence-corrected chi connectivity index (χ3v) is 3.09. The lowest BCUT2D eigenvalue weighted by Gasteiger charge is -2.14. The molecule has 96 valence electrons. The number of nitrogens with one attached hydrogen (secondary N) is 2. The normalized spacial score (nSPS) is 20.5. The summed E-state index contributed by atoms with van der Waals surface area (Å²) in [6, 6.07) is 0.565. The summed E-state index contributed by atoms with van der Waals surface area (Å²) in [4.78, 5) is 18.1. The highest BCUT2D eigenvalue weighted by Crippen LogP contribution is 2.18. The van der Waals surface area contributed by atoms with E-state index in [0.717, 1.165) is 38.4 Å². The van der Waals surface area contributed by atoms with Gasteiger partial charge in [-0.3, -0.25) is 4.79 Å². The number of likely N-dealkylation sites (tertiary alicyclic amines) is 1. The number of rotatable bonds is 4. The second-order valence-corrected chi connectivity index (χ2v) is 4.70. The smallest absolute Gasteiger partial charge is 0.244 e. The van der Waals surface area contributed by atoms with E-state index in [1.54, 1.807) is 0 Å². The Morgan fingerprint density at radius 3 is 2.65 bits per heavy atom. The molecule has 5 heteroatoms. The molecular weight excluding hydrogens is 216 g/mol. The Morgan fingerprint density at radius 2 is 2.06 bits per heavy atom. The molecular formula is C12H22N4O. The maximum atomic E-state index is 11.8. The van der Waals surface area contributed by atoms with E-state index < -0.39 is 0 Å². The second kappa shape index (κ2) is 5.89. The minimum atomic E-state index is 0.149. The minimum Gasteiger partial charge on any atom is -0.357 e. The predicted molar refractivity (Wildman–Crippen MR) is 68.0 cm³/mol. The van der Waals surface area contributed by atoms with Gasteiger partial charge in [-0.1, -0.05) is 0 Å². The molecule has 0 spiro atoms. The van der Waals surface area contributed by atoms with Gasteiger partial charge in [0.05, 0.1) is 0 Å². The van der Waals surface area contributed by atoms with E-state index >= 15 is 0 Å². The van der Waals surface area contributed by atoms with Crippen LogP contribution in [0.2, 0.25) is 0 Å². The summed E-state index contributed by atoms with van der Waals surface area (Å²) in [6.07, 6.45) is 4.70. The van der Waals surface area contributed by atoms with Crippen molar-refractivity contribution in [3.05, 3.63) is 0 Å². The van der Waals surface area contributed by atoms with Gasteiger partial charge in [0.1, 0.15) is 6.54 Å². The molecule has 17 heavy (non-hydrogen) atoms. The van der Waals surface area contributed by atoms with Crippen molar-refractivity contribution in [2.45, 2.75) is 38.6 Å². The van der Waals surface area contributed by atoms with E-state index in [4.69, 9.17) is 0 Å². The quantitative estimate of drug-likeness (QED) is 0.548. The second-order valence-electron chi connectivity index (χ2n) is 4.70. The topological polar surface area (TPSA) is 56.7 Å². The maximum absolute atomic E-state index is 11.8. The van der Waals surface area contributed by atoms with Crippen molar-refractivity contribution >= 4 is 11.9 Å². The van der Waals surface area contributed by atoms with Crippen LogP contribution in [0.25, 0.3) is 0 Å². The van der Waals surface area contributed by atoms with Crippen molar-refractivity contribution in [1.29, 1.82) is 0 Å². The SMILES string of the molecule is CCNC(=NCC(=O)N1CCCC1)NC1CC1. The van der Waals surface area contributed by atoms with Crippen LogP contribution in [0.1, 0.15) is 32.6 Å². The molecule has 2 rings (SSSR count). The molecule has 0 aromatic rings. The molecule has 1 aliphatic heterocycles. The van der Waals surface area contributed by atoms with E-state index in [9.17, 15) is 4.79 Å². The van der Waals surface area contributed by atoms with Crippen LogP contribution in [0.4, 0.5) is 0 Å². The van der Waals surface area contributed by atoms with E-state index in [-0.39, 0.29) is 12.5 Å². The van der Waals surface area contributed by atoms with Gasteiger partial charge in [-0.15, -0.1) is 0 Å². The molecule has 1 saturated carbocycles. The van der Waals surface area contributed by atoms with Crippen molar-refractivity contribution in [2.24, 2.45) is 4.99 Å². The van der Waals surface area contributed by atoms with Gasteiger partial charge in [0, 0.05) is 25.7 Å². The van der Waals surface area contributed by atoms with Gasteiger partial charge >= 0.3 is 0 Å². The van der Waals surface area contributed by atoms with Crippen LogP contribution < -0.4 is 10.6 Å². The number of carbonyl (C=O) groups excluding carboxylic acids is 1. The largest absolute Gasteiger partial charge is 0.357 e. The fourth-order valence-corrected chi connectivity index (χ4v) is 1.95. The molecule has 5 nitrogen and oxygen atoms in total. The molecule has 0 aromatic heterocycles. The molecule has 0 unspecified atom stereocenters. The number of carbonyl (C=O) groups is 1. The summed E-state index contributed by atoms with van der Waals surface area (Å²) in [7, 11) is 0. The summed E-state index contributed by atoms with van der Waals surface area (Å²) in [5.41, 5.74) is 0. The highest BCUT2D eigenvalue weighted by molar-refractivity contribution is 5.85. The Kier molecular flexibility index (Phi) is 4.23. The molecule has 0 atom stereocenters.